The lowest BCUT2D eigenvalue weighted by Gasteiger charge is -2.08. The first kappa shape index (κ1) is 16.1. The van der Waals surface area contributed by atoms with Gasteiger partial charge in [-0.25, -0.2) is 0 Å². The Bertz CT molecular complexity index is 1010. The molecular formula is C23H18N2O. The predicted octanol–water partition coefficient (Wildman–Crippen LogP) is 4.70. The monoisotopic (exact) mass is 338 g/mol. The zero-order valence-electron chi connectivity index (χ0n) is 14.3. The summed E-state index contributed by atoms with van der Waals surface area (Å²) in [6.45, 7) is 0. The number of amides is 1. The molecule has 3 heteroatoms. The summed E-state index contributed by atoms with van der Waals surface area (Å²) in [5.41, 5.74) is 7.70. The van der Waals surface area contributed by atoms with Crippen LogP contribution in [0.15, 0.2) is 66.7 Å². The first-order valence-corrected chi connectivity index (χ1v) is 8.73. The summed E-state index contributed by atoms with van der Waals surface area (Å²) < 4.78 is 0. The lowest BCUT2D eigenvalue weighted by Crippen LogP contribution is -2.12. The third kappa shape index (κ3) is 3.22. The highest BCUT2D eigenvalue weighted by molar-refractivity contribution is 5.92. The second-order valence-electron chi connectivity index (χ2n) is 6.56. The minimum absolute atomic E-state index is 0.00446. The molecule has 3 aromatic carbocycles. The van der Waals surface area contributed by atoms with Crippen LogP contribution in [0, 0.1) is 11.3 Å². The average Bonchev–Trinajstić information content (AvgIpc) is 3.04. The Morgan fingerprint density at radius 1 is 0.962 bits per heavy atom. The molecule has 0 unspecified atom stereocenters. The lowest BCUT2D eigenvalue weighted by molar-refractivity contribution is -0.116. The van der Waals surface area contributed by atoms with E-state index in [1.807, 2.05) is 18.2 Å². The number of hydrogen-bond donors (Lipinski definition) is 1. The first-order chi connectivity index (χ1) is 12.7. The van der Waals surface area contributed by atoms with Gasteiger partial charge in [0.05, 0.1) is 11.6 Å². The molecule has 0 atom stereocenters. The first-order valence-electron chi connectivity index (χ1n) is 8.73. The van der Waals surface area contributed by atoms with Crippen LogP contribution in [0.2, 0.25) is 0 Å². The Balaban J connectivity index is 1.39. The van der Waals surface area contributed by atoms with E-state index in [-0.39, 0.29) is 5.91 Å². The van der Waals surface area contributed by atoms with Gasteiger partial charge in [-0.05, 0) is 64.9 Å². The summed E-state index contributed by atoms with van der Waals surface area (Å²) in [6.07, 6.45) is 2.00. The van der Waals surface area contributed by atoms with Crippen molar-refractivity contribution in [2.45, 2.75) is 19.3 Å². The van der Waals surface area contributed by atoms with Gasteiger partial charge in [0.2, 0.25) is 5.91 Å². The van der Waals surface area contributed by atoms with Gasteiger partial charge < -0.3 is 5.32 Å². The van der Waals surface area contributed by atoms with Crippen molar-refractivity contribution in [2.24, 2.45) is 0 Å². The van der Waals surface area contributed by atoms with Gasteiger partial charge in [0.15, 0.2) is 0 Å². The van der Waals surface area contributed by atoms with E-state index in [9.17, 15) is 4.79 Å². The third-order valence-electron chi connectivity index (χ3n) is 4.80. The zero-order chi connectivity index (χ0) is 17.9. The van der Waals surface area contributed by atoms with Crippen molar-refractivity contribution in [1.29, 1.82) is 5.26 Å². The highest BCUT2D eigenvalue weighted by Gasteiger charge is 2.18. The Hall–Kier alpha value is -3.38. The van der Waals surface area contributed by atoms with Crippen LogP contribution >= 0.6 is 0 Å². The van der Waals surface area contributed by atoms with Gasteiger partial charge >= 0.3 is 0 Å². The number of nitrogens with one attached hydrogen (secondary N) is 1. The summed E-state index contributed by atoms with van der Waals surface area (Å²) in [4.78, 5) is 12.3. The number of carbonyl (C=O) groups excluding carboxylic acids is 1. The van der Waals surface area contributed by atoms with E-state index >= 15 is 0 Å². The van der Waals surface area contributed by atoms with Crippen LogP contribution in [0.5, 0.6) is 0 Å². The molecule has 0 aromatic heterocycles. The number of benzene rings is 3. The highest BCUT2D eigenvalue weighted by Crippen LogP contribution is 2.37. The Morgan fingerprint density at radius 2 is 1.73 bits per heavy atom. The molecule has 0 saturated carbocycles. The molecule has 0 bridgehead atoms. The number of hydrogen-bond acceptors (Lipinski definition) is 2. The summed E-state index contributed by atoms with van der Waals surface area (Å²) in [6, 6.07) is 24.0. The number of nitrogens with zero attached hydrogens (tertiary/aromatic N) is 1. The van der Waals surface area contributed by atoms with E-state index in [1.165, 1.54) is 22.3 Å². The minimum atomic E-state index is 0.00446. The van der Waals surface area contributed by atoms with Crippen LogP contribution in [0.4, 0.5) is 5.69 Å². The molecule has 0 saturated heterocycles. The molecule has 4 rings (SSSR count). The third-order valence-corrected chi connectivity index (χ3v) is 4.80. The number of carbonyl (C=O) groups is 1. The van der Waals surface area contributed by atoms with Crippen molar-refractivity contribution in [3.63, 3.8) is 0 Å². The fourth-order valence-corrected chi connectivity index (χ4v) is 3.45. The molecule has 1 aliphatic carbocycles. The number of anilines is 1. The largest absolute Gasteiger partial charge is 0.326 e. The van der Waals surface area contributed by atoms with E-state index in [0.29, 0.717) is 18.4 Å². The lowest BCUT2D eigenvalue weighted by atomic mass is 10.1. The second-order valence-corrected chi connectivity index (χ2v) is 6.56. The van der Waals surface area contributed by atoms with Crippen LogP contribution in [-0.2, 0) is 17.6 Å². The molecule has 1 aliphatic rings. The van der Waals surface area contributed by atoms with Gasteiger partial charge in [0.1, 0.15) is 0 Å². The predicted molar refractivity (Wildman–Crippen MR) is 103 cm³/mol. The second kappa shape index (κ2) is 6.85. The van der Waals surface area contributed by atoms with E-state index in [0.717, 1.165) is 17.7 Å². The van der Waals surface area contributed by atoms with E-state index in [1.54, 1.807) is 12.1 Å². The SMILES string of the molecule is N#Cc1ccc(CCC(=O)Nc2ccc3c(c2)Cc2ccccc2-3)cc1. The Kier molecular flexibility index (Phi) is 4.25. The fraction of sp³-hybridized carbons (Fsp3) is 0.130. The van der Waals surface area contributed by atoms with Crippen LogP contribution < -0.4 is 5.32 Å². The molecule has 0 radical (unpaired) electrons. The van der Waals surface area contributed by atoms with Gasteiger partial charge in [-0.15, -0.1) is 0 Å². The maximum absolute atomic E-state index is 12.3. The molecule has 0 aliphatic heterocycles. The highest BCUT2D eigenvalue weighted by atomic mass is 16.1. The Labute approximate surface area is 152 Å². The van der Waals surface area contributed by atoms with Gasteiger partial charge in [-0.3, -0.25) is 4.79 Å². The molecule has 0 heterocycles. The van der Waals surface area contributed by atoms with E-state index < -0.39 is 0 Å². The fourth-order valence-electron chi connectivity index (χ4n) is 3.45. The molecule has 126 valence electrons. The van der Waals surface area contributed by atoms with Crippen LogP contribution in [0.1, 0.15) is 28.7 Å². The van der Waals surface area contributed by atoms with Crippen molar-refractivity contribution in [3.8, 4) is 17.2 Å². The molecule has 0 fully saturated rings. The summed E-state index contributed by atoms with van der Waals surface area (Å²) in [5, 5.41) is 11.8. The summed E-state index contributed by atoms with van der Waals surface area (Å²) >= 11 is 0. The van der Waals surface area contributed by atoms with Gasteiger partial charge in [-0.2, -0.15) is 5.26 Å². The maximum Gasteiger partial charge on any atom is 0.224 e. The van der Waals surface area contributed by atoms with E-state index in [4.69, 9.17) is 5.26 Å². The summed E-state index contributed by atoms with van der Waals surface area (Å²) in [7, 11) is 0. The van der Waals surface area contributed by atoms with Crippen LogP contribution in [0.3, 0.4) is 0 Å². The molecule has 3 nitrogen and oxygen atoms in total. The maximum atomic E-state index is 12.3. The van der Waals surface area contributed by atoms with Crippen molar-refractivity contribution in [1.82, 2.24) is 0 Å². The molecule has 1 N–H and O–H groups in total. The van der Waals surface area contributed by atoms with Crippen LogP contribution in [-0.4, -0.2) is 5.91 Å². The quantitative estimate of drug-likeness (QED) is 0.586. The van der Waals surface area contributed by atoms with E-state index in [2.05, 4.69) is 47.8 Å². The van der Waals surface area contributed by atoms with Gasteiger partial charge in [-0.1, -0.05) is 42.5 Å². The van der Waals surface area contributed by atoms with Crippen molar-refractivity contribution in [3.05, 3.63) is 89.0 Å². The molecule has 3 aromatic rings. The number of nitriles is 1. The minimum Gasteiger partial charge on any atom is -0.326 e. The molecular weight excluding hydrogens is 320 g/mol. The van der Waals surface area contributed by atoms with Gasteiger partial charge in [0, 0.05) is 12.1 Å². The van der Waals surface area contributed by atoms with Crippen molar-refractivity contribution >= 4 is 11.6 Å². The Morgan fingerprint density at radius 3 is 2.54 bits per heavy atom. The van der Waals surface area contributed by atoms with Gasteiger partial charge in [0.25, 0.3) is 0 Å². The molecule has 0 spiro atoms. The molecule has 26 heavy (non-hydrogen) atoms. The standard InChI is InChI=1S/C23H18N2O/c24-15-17-7-5-16(6-8-17)9-12-23(26)25-20-10-11-22-19(14-20)13-18-3-1-2-4-21(18)22/h1-8,10-11,14H,9,12-13H2,(H,25,26). The number of rotatable bonds is 4. The zero-order valence-corrected chi connectivity index (χ0v) is 14.3. The van der Waals surface area contributed by atoms with Crippen LogP contribution in [0.25, 0.3) is 11.1 Å². The average molecular weight is 338 g/mol. The van der Waals surface area contributed by atoms with Crippen molar-refractivity contribution in [2.75, 3.05) is 5.32 Å². The smallest absolute Gasteiger partial charge is 0.224 e. The normalized spacial score (nSPS) is 11.3. The number of aryl methyl sites for hydroxylation is 1. The topological polar surface area (TPSA) is 52.9 Å². The van der Waals surface area contributed by atoms with Crippen molar-refractivity contribution < 1.29 is 4.79 Å². The summed E-state index contributed by atoms with van der Waals surface area (Å²) in [5.74, 6) is 0.00446. The molecule has 1 amide bonds. The number of fused-ring (bicyclic) bond motifs is 3.